The molecule has 0 aliphatic heterocycles. The first kappa shape index (κ1) is 14.2. The monoisotopic (exact) mass is 245 g/mol. The van der Waals surface area contributed by atoms with Gasteiger partial charge in [0.25, 0.3) is 5.69 Å². The third-order valence-electron chi connectivity index (χ3n) is 1.25. The number of ether oxygens (including phenoxy) is 1. The van der Waals surface area contributed by atoms with Gasteiger partial charge in [0.2, 0.25) is 0 Å². The van der Waals surface area contributed by atoms with Crippen LogP contribution in [0.15, 0.2) is 24.3 Å². The fraction of sp³-hybridized carbons (Fsp3) is 0. The van der Waals surface area contributed by atoms with E-state index >= 15 is 0 Å². The average molecular weight is 245 g/mol. The van der Waals surface area contributed by atoms with Gasteiger partial charge in [0.15, 0.2) is 0 Å². The lowest BCUT2D eigenvalue weighted by molar-refractivity contribution is -0.384. The molecule has 0 fully saturated rings. The second-order valence-electron chi connectivity index (χ2n) is 2.40. The summed E-state index contributed by atoms with van der Waals surface area (Å²) >= 11 is 0. The summed E-state index contributed by atoms with van der Waals surface area (Å²) in [6.45, 7) is 0. The molecule has 0 aliphatic rings. The molecule has 9 heteroatoms. The fourth-order valence-corrected chi connectivity index (χ4v) is 0.737. The fourth-order valence-electron chi connectivity index (χ4n) is 0.737. The van der Waals surface area contributed by atoms with Crippen molar-refractivity contribution in [2.75, 3.05) is 0 Å². The molecule has 1 aromatic carbocycles. The number of nitrogens with zero attached hydrogens (tertiary/aromatic N) is 1. The molecule has 0 amide bonds. The summed E-state index contributed by atoms with van der Waals surface area (Å²) < 4.78 is 4.24. The van der Waals surface area contributed by atoms with Crippen LogP contribution in [0.25, 0.3) is 0 Å². The van der Waals surface area contributed by atoms with Gasteiger partial charge in [-0.05, 0) is 12.1 Å². The molecule has 0 saturated carbocycles. The molecule has 0 radical (unpaired) electrons. The Bertz CT molecular complexity index is 408. The normalized spacial score (nSPS) is 8.47. The quantitative estimate of drug-likeness (QED) is 0.309. The topological polar surface area (TPSA) is 147 Å². The van der Waals surface area contributed by atoms with Gasteiger partial charge in [-0.25, -0.2) is 9.59 Å². The largest absolute Gasteiger partial charge is 0.511 e. The van der Waals surface area contributed by atoms with Gasteiger partial charge in [0, 0.05) is 12.1 Å². The SMILES string of the molecule is O=C(O)O.O=C(O)Oc1ccc([N+](=O)[O-])cc1. The Kier molecular flexibility index (Phi) is 5.50. The zero-order valence-corrected chi connectivity index (χ0v) is 8.14. The van der Waals surface area contributed by atoms with Crippen LogP contribution in [-0.2, 0) is 0 Å². The van der Waals surface area contributed by atoms with E-state index in [0.29, 0.717) is 0 Å². The van der Waals surface area contributed by atoms with E-state index in [4.69, 9.17) is 20.1 Å². The molecule has 0 saturated heterocycles. The van der Waals surface area contributed by atoms with Crippen molar-refractivity contribution in [2.24, 2.45) is 0 Å². The van der Waals surface area contributed by atoms with Gasteiger partial charge in [-0.3, -0.25) is 10.1 Å². The van der Waals surface area contributed by atoms with Crippen molar-refractivity contribution in [1.29, 1.82) is 0 Å². The summed E-state index contributed by atoms with van der Waals surface area (Å²) in [7, 11) is 0. The average Bonchev–Trinajstić information content (AvgIpc) is 2.16. The number of carbonyl (C=O) groups is 2. The zero-order valence-electron chi connectivity index (χ0n) is 8.14. The van der Waals surface area contributed by atoms with Gasteiger partial charge >= 0.3 is 12.3 Å². The second kappa shape index (κ2) is 6.61. The summed E-state index contributed by atoms with van der Waals surface area (Å²) in [6.07, 6.45) is -3.28. The number of benzene rings is 1. The van der Waals surface area contributed by atoms with E-state index in [9.17, 15) is 14.9 Å². The Morgan fingerprint density at radius 2 is 1.53 bits per heavy atom. The Balaban J connectivity index is 0.000000557. The van der Waals surface area contributed by atoms with Crippen LogP contribution in [0.3, 0.4) is 0 Å². The standard InChI is InChI=1S/C7H5NO5.CH2O3/c9-7(10)13-6-3-1-5(2-4-6)8(11)12;2-1(3)4/h1-4H,(H,9,10);(H2,2,3,4). The van der Waals surface area contributed by atoms with Crippen LogP contribution in [-0.4, -0.2) is 32.6 Å². The number of hydrogen-bond acceptors (Lipinski definition) is 5. The van der Waals surface area contributed by atoms with Crippen molar-refractivity contribution in [2.45, 2.75) is 0 Å². The van der Waals surface area contributed by atoms with Crippen LogP contribution in [0.5, 0.6) is 5.75 Å². The van der Waals surface area contributed by atoms with E-state index in [0.717, 1.165) is 12.1 Å². The zero-order chi connectivity index (χ0) is 13.4. The number of non-ortho nitro benzene ring substituents is 1. The van der Waals surface area contributed by atoms with Crippen molar-refractivity contribution < 1.29 is 34.6 Å². The summed E-state index contributed by atoms with van der Waals surface area (Å²) in [6, 6.07) is 4.76. The minimum absolute atomic E-state index is 0.0538. The first-order valence-corrected chi connectivity index (χ1v) is 3.90. The minimum atomic E-state index is -1.83. The highest BCUT2D eigenvalue weighted by Gasteiger charge is 2.05. The second-order valence-corrected chi connectivity index (χ2v) is 2.40. The molecule has 0 aromatic heterocycles. The Morgan fingerprint density at radius 3 is 1.82 bits per heavy atom. The third-order valence-corrected chi connectivity index (χ3v) is 1.25. The summed E-state index contributed by atoms with van der Waals surface area (Å²) in [5, 5.41) is 32.3. The van der Waals surface area contributed by atoms with Gasteiger partial charge in [0.05, 0.1) is 4.92 Å². The summed E-state index contributed by atoms with van der Waals surface area (Å²) in [5.41, 5.74) is -0.113. The highest BCUT2D eigenvalue weighted by atomic mass is 16.7. The van der Waals surface area contributed by atoms with E-state index < -0.39 is 17.2 Å². The first-order chi connectivity index (χ1) is 7.82. The maximum absolute atomic E-state index is 10.2. The maximum Gasteiger partial charge on any atom is 0.511 e. The summed E-state index contributed by atoms with van der Waals surface area (Å²) in [5.74, 6) is 0.0538. The predicted molar refractivity (Wildman–Crippen MR) is 52.4 cm³/mol. The molecule has 92 valence electrons. The Labute approximate surface area is 93.6 Å². The van der Waals surface area contributed by atoms with E-state index in [1.165, 1.54) is 12.1 Å². The lowest BCUT2D eigenvalue weighted by Gasteiger charge is -1.97. The van der Waals surface area contributed by atoms with Crippen LogP contribution in [0, 0.1) is 10.1 Å². The van der Waals surface area contributed by atoms with Crippen molar-refractivity contribution in [3.05, 3.63) is 34.4 Å². The lowest BCUT2D eigenvalue weighted by Crippen LogP contribution is -2.02. The molecular formula is C8H7NO8. The molecule has 0 aliphatic carbocycles. The van der Waals surface area contributed by atoms with Crippen LogP contribution in [0.2, 0.25) is 0 Å². The minimum Gasteiger partial charge on any atom is -0.450 e. The highest BCUT2D eigenvalue weighted by molar-refractivity contribution is 5.61. The molecule has 0 spiro atoms. The van der Waals surface area contributed by atoms with Gasteiger partial charge in [-0.1, -0.05) is 0 Å². The number of nitro benzene ring substituents is 1. The van der Waals surface area contributed by atoms with Gasteiger partial charge < -0.3 is 20.1 Å². The molecule has 0 atom stereocenters. The van der Waals surface area contributed by atoms with E-state index in [2.05, 4.69) is 4.74 Å². The van der Waals surface area contributed by atoms with Crippen molar-refractivity contribution in [3.8, 4) is 5.75 Å². The van der Waals surface area contributed by atoms with Gasteiger partial charge in [0.1, 0.15) is 5.75 Å². The predicted octanol–water partition coefficient (Wildman–Crippen LogP) is 1.87. The number of hydrogen-bond donors (Lipinski definition) is 3. The highest BCUT2D eigenvalue weighted by Crippen LogP contribution is 2.17. The molecule has 9 nitrogen and oxygen atoms in total. The Hall–Kier alpha value is -2.84. The molecule has 0 bridgehead atoms. The van der Waals surface area contributed by atoms with E-state index in [1.54, 1.807) is 0 Å². The maximum atomic E-state index is 10.2. The number of rotatable bonds is 2. The van der Waals surface area contributed by atoms with Crippen LogP contribution in [0.4, 0.5) is 15.3 Å². The van der Waals surface area contributed by atoms with E-state index in [-0.39, 0.29) is 11.4 Å². The molecule has 3 N–H and O–H groups in total. The smallest absolute Gasteiger partial charge is 0.450 e. The molecular weight excluding hydrogens is 238 g/mol. The Morgan fingerprint density at radius 1 is 1.12 bits per heavy atom. The van der Waals surface area contributed by atoms with Gasteiger partial charge in [-0.2, -0.15) is 0 Å². The molecule has 1 aromatic rings. The van der Waals surface area contributed by atoms with Crippen LogP contribution < -0.4 is 4.74 Å². The lowest BCUT2D eigenvalue weighted by atomic mass is 10.3. The molecule has 1 rings (SSSR count). The van der Waals surface area contributed by atoms with Crippen molar-refractivity contribution >= 4 is 18.0 Å². The molecule has 0 heterocycles. The molecule has 17 heavy (non-hydrogen) atoms. The third kappa shape index (κ3) is 7.13. The van der Waals surface area contributed by atoms with Crippen LogP contribution >= 0.6 is 0 Å². The number of carboxylic acid groups (broad SMARTS) is 3. The van der Waals surface area contributed by atoms with Crippen molar-refractivity contribution in [1.82, 2.24) is 0 Å². The van der Waals surface area contributed by atoms with Gasteiger partial charge in [-0.15, -0.1) is 0 Å². The molecule has 0 unspecified atom stereocenters. The van der Waals surface area contributed by atoms with E-state index in [1.807, 2.05) is 0 Å². The number of nitro groups is 1. The van der Waals surface area contributed by atoms with Crippen molar-refractivity contribution in [3.63, 3.8) is 0 Å². The van der Waals surface area contributed by atoms with Crippen LogP contribution in [0.1, 0.15) is 0 Å². The first-order valence-electron chi connectivity index (χ1n) is 3.90. The summed E-state index contributed by atoms with van der Waals surface area (Å²) in [4.78, 5) is 28.2.